The number of guanidine groups is 1. The third-order valence-corrected chi connectivity index (χ3v) is 7.00. The van der Waals surface area contributed by atoms with Gasteiger partial charge in [-0.2, -0.15) is 0 Å². The van der Waals surface area contributed by atoms with Gasteiger partial charge in [0.1, 0.15) is 5.76 Å². The molecule has 0 aromatic carbocycles. The highest BCUT2D eigenvalue weighted by Gasteiger charge is 2.42. The topological polar surface area (TPSA) is 86.0 Å². The Labute approximate surface area is 193 Å². The van der Waals surface area contributed by atoms with E-state index >= 15 is 0 Å². The number of nitrogens with one attached hydrogen (secondary N) is 2. The standard InChI is InChI=1S/C24H42N6O2/c1-6-25-23(27-17-24(11-7-8-12-24)22(31)29(4)5)26-15-20-9-13-30(14-10-20)16-21-28-18(2)19(3)32-21/h20H,6-17H2,1-5H3,(H2,25,26,27). The monoisotopic (exact) mass is 446 g/mol. The van der Waals surface area contributed by atoms with Crippen LogP contribution in [0.4, 0.5) is 0 Å². The molecule has 8 nitrogen and oxygen atoms in total. The molecular formula is C24H42N6O2. The smallest absolute Gasteiger partial charge is 0.230 e. The number of amides is 1. The third-order valence-electron chi connectivity index (χ3n) is 7.00. The van der Waals surface area contributed by atoms with Crippen LogP contribution < -0.4 is 10.6 Å². The number of likely N-dealkylation sites (tertiary alicyclic amines) is 1. The average Bonchev–Trinajstić information content (AvgIpc) is 3.37. The second-order valence-corrected chi connectivity index (χ2v) is 9.73. The number of piperidine rings is 1. The first kappa shape index (κ1) is 24.6. The lowest BCUT2D eigenvalue weighted by atomic mass is 9.85. The van der Waals surface area contributed by atoms with Crippen molar-refractivity contribution in [3.63, 3.8) is 0 Å². The van der Waals surface area contributed by atoms with Crippen molar-refractivity contribution in [2.75, 3.05) is 46.8 Å². The van der Waals surface area contributed by atoms with Gasteiger partial charge in [0, 0.05) is 27.2 Å². The molecule has 1 aliphatic heterocycles. The maximum absolute atomic E-state index is 12.8. The molecule has 1 aromatic rings. The summed E-state index contributed by atoms with van der Waals surface area (Å²) >= 11 is 0. The molecule has 0 unspecified atom stereocenters. The first-order valence-electron chi connectivity index (χ1n) is 12.2. The Morgan fingerprint density at radius 1 is 1.22 bits per heavy atom. The number of oxazole rings is 1. The van der Waals surface area contributed by atoms with Crippen molar-refractivity contribution >= 4 is 11.9 Å². The number of rotatable bonds is 8. The minimum absolute atomic E-state index is 0.221. The summed E-state index contributed by atoms with van der Waals surface area (Å²) in [6.45, 7) is 11.2. The molecule has 180 valence electrons. The van der Waals surface area contributed by atoms with E-state index < -0.39 is 0 Å². The van der Waals surface area contributed by atoms with Gasteiger partial charge in [-0.05, 0) is 65.5 Å². The fourth-order valence-electron chi connectivity index (χ4n) is 4.93. The Bertz CT molecular complexity index is 754. The van der Waals surface area contributed by atoms with Crippen molar-refractivity contribution in [2.24, 2.45) is 16.3 Å². The normalized spacial score (nSPS) is 19.8. The fraction of sp³-hybridized carbons (Fsp3) is 0.792. The maximum atomic E-state index is 12.8. The van der Waals surface area contributed by atoms with Crippen LogP contribution in [-0.2, 0) is 11.3 Å². The zero-order valence-electron chi connectivity index (χ0n) is 20.7. The highest BCUT2D eigenvalue weighted by atomic mass is 16.4. The van der Waals surface area contributed by atoms with Gasteiger partial charge >= 0.3 is 0 Å². The van der Waals surface area contributed by atoms with Gasteiger partial charge in [-0.25, -0.2) is 4.98 Å². The lowest BCUT2D eigenvalue weighted by molar-refractivity contribution is -0.138. The van der Waals surface area contributed by atoms with E-state index in [1.165, 1.54) is 0 Å². The van der Waals surface area contributed by atoms with E-state index in [0.29, 0.717) is 12.5 Å². The number of hydrogen-bond donors (Lipinski definition) is 2. The number of carbonyl (C=O) groups is 1. The van der Waals surface area contributed by atoms with Crippen molar-refractivity contribution in [1.82, 2.24) is 25.4 Å². The average molecular weight is 447 g/mol. The Morgan fingerprint density at radius 2 is 1.91 bits per heavy atom. The Morgan fingerprint density at radius 3 is 2.47 bits per heavy atom. The second kappa shape index (κ2) is 11.2. The van der Waals surface area contributed by atoms with E-state index in [9.17, 15) is 4.79 Å². The molecule has 2 N–H and O–H groups in total. The highest BCUT2D eigenvalue weighted by molar-refractivity contribution is 5.84. The van der Waals surface area contributed by atoms with Crippen molar-refractivity contribution in [3.05, 3.63) is 17.3 Å². The maximum Gasteiger partial charge on any atom is 0.230 e. The predicted molar refractivity (Wildman–Crippen MR) is 128 cm³/mol. The molecule has 2 fully saturated rings. The van der Waals surface area contributed by atoms with Gasteiger partial charge in [-0.1, -0.05) is 12.8 Å². The minimum atomic E-state index is -0.326. The van der Waals surface area contributed by atoms with Crippen LogP contribution in [0.5, 0.6) is 0 Å². The molecule has 1 saturated heterocycles. The summed E-state index contributed by atoms with van der Waals surface area (Å²) in [4.78, 5) is 26.4. The third kappa shape index (κ3) is 6.24. The van der Waals surface area contributed by atoms with E-state index in [0.717, 1.165) is 94.6 Å². The molecule has 1 amide bonds. The Kier molecular flexibility index (Phi) is 8.57. The first-order chi connectivity index (χ1) is 15.3. The number of aromatic nitrogens is 1. The van der Waals surface area contributed by atoms with Crippen LogP contribution in [-0.4, -0.2) is 73.5 Å². The molecule has 1 saturated carbocycles. The molecule has 3 rings (SSSR count). The summed E-state index contributed by atoms with van der Waals surface area (Å²) in [5, 5.41) is 6.90. The minimum Gasteiger partial charge on any atom is -0.444 e. The number of aliphatic imine (C=N–C) groups is 1. The number of nitrogens with zero attached hydrogens (tertiary/aromatic N) is 4. The van der Waals surface area contributed by atoms with E-state index in [2.05, 4.69) is 27.4 Å². The van der Waals surface area contributed by atoms with E-state index in [4.69, 9.17) is 9.41 Å². The van der Waals surface area contributed by atoms with Gasteiger partial charge < -0.3 is 20.0 Å². The van der Waals surface area contributed by atoms with Gasteiger partial charge in [0.25, 0.3) is 0 Å². The number of hydrogen-bond acceptors (Lipinski definition) is 5. The fourth-order valence-corrected chi connectivity index (χ4v) is 4.93. The predicted octanol–water partition coefficient (Wildman–Crippen LogP) is 2.71. The van der Waals surface area contributed by atoms with Crippen molar-refractivity contribution in [2.45, 2.75) is 65.8 Å². The Hall–Kier alpha value is -2.09. The summed E-state index contributed by atoms with van der Waals surface area (Å²) in [6.07, 6.45) is 6.40. The highest BCUT2D eigenvalue weighted by Crippen LogP contribution is 2.39. The summed E-state index contributed by atoms with van der Waals surface area (Å²) in [7, 11) is 3.71. The van der Waals surface area contributed by atoms with Crippen LogP contribution in [0.1, 0.15) is 62.8 Å². The SMILES string of the molecule is CCNC(=NCC1(C(=O)N(C)C)CCCC1)NCC1CCN(Cc2nc(C)c(C)o2)CC1. The molecule has 2 heterocycles. The molecule has 0 bridgehead atoms. The van der Waals surface area contributed by atoms with Crippen LogP contribution >= 0.6 is 0 Å². The van der Waals surface area contributed by atoms with Crippen molar-refractivity contribution in [1.29, 1.82) is 0 Å². The van der Waals surface area contributed by atoms with Crippen LogP contribution in [0.3, 0.4) is 0 Å². The van der Waals surface area contributed by atoms with E-state index in [1.807, 2.05) is 27.9 Å². The molecular weight excluding hydrogens is 404 g/mol. The zero-order valence-corrected chi connectivity index (χ0v) is 20.7. The molecule has 2 aliphatic rings. The zero-order chi connectivity index (χ0) is 23.1. The molecule has 8 heteroatoms. The van der Waals surface area contributed by atoms with Crippen LogP contribution in [0, 0.1) is 25.2 Å². The molecule has 1 aromatic heterocycles. The number of carbonyl (C=O) groups excluding carboxylic acids is 1. The van der Waals surface area contributed by atoms with Gasteiger partial charge in [-0.15, -0.1) is 0 Å². The first-order valence-corrected chi connectivity index (χ1v) is 12.2. The molecule has 0 radical (unpaired) electrons. The van der Waals surface area contributed by atoms with Crippen molar-refractivity contribution < 1.29 is 9.21 Å². The lowest BCUT2D eigenvalue weighted by Gasteiger charge is -2.32. The summed E-state index contributed by atoms with van der Waals surface area (Å²) in [6, 6.07) is 0. The summed E-state index contributed by atoms with van der Waals surface area (Å²) < 4.78 is 5.74. The molecule has 32 heavy (non-hydrogen) atoms. The summed E-state index contributed by atoms with van der Waals surface area (Å²) in [5.74, 6) is 3.41. The lowest BCUT2D eigenvalue weighted by Crippen LogP contribution is -2.45. The molecule has 0 atom stereocenters. The van der Waals surface area contributed by atoms with Crippen LogP contribution in [0.25, 0.3) is 0 Å². The van der Waals surface area contributed by atoms with Gasteiger partial charge in [0.2, 0.25) is 11.8 Å². The second-order valence-electron chi connectivity index (χ2n) is 9.73. The largest absolute Gasteiger partial charge is 0.444 e. The van der Waals surface area contributed by atoms with Gasteiger partial charge in [0.15, 0.2) is 5.96 Å². The quantitative estimate of drug-likeness (QED) is 0.472. The van der Waals surface area contributed by atoms with Gasteiger partial charge in [-0.3, -0.25) is 14.7 Å². The molecule has 0 spiro atoms. The van der Waals surface area contributed by atoms with Crippen LogP contribution in [0.15, 0.2) is 9.41 Å². The van der Waals surface area contributed by atoms with Crippen LogP contribution in [0.2, 0.25) is 0 Å². The van der Waals surface area contributed by atoms with E-state index in [1.54, 1.807) is 4.90 Å². The van der Waals surface area contributed by atoms with Gasteiger partial charge in [0.05, 0.1) is 24.2 Å². The number of aryl methyl sites for hydroxylation is 2. The van der Waals surface area contributed by atoms with E-state index in [-0.39, 0.29) is 11.3 Å². The molecule has 1 aliphatic carbocycles. The Balaban J connectivity index is 1.48. The summed E-state index contributed by atoms with van der Waals surface area (Å²) in [5.41, 5.74) is 0.661. The van der Waals surface area contributed by atoms with Crippen molar-refractivity contribution in [3.8, 4) is 0 Å².